The first-order chi connectivity index (χ1) is 7.70. The molecule has 0 aliphatic rings. The second-order valence-electron chi connectivity index (χ2n) is 3.28. The van der Waals surface area contributed by atoms with E-state index in [0.717, 1.165) is 11.4 Å². The standard InChI is InChI=1S/C11H10Cl2N2O/c1-16-7-9-6-11(13)15(14-9)10-4-2-3-8(12)5-10/h2-6H,7H2,1H3. The Morgan fingerprint density at radius 1 is 1.31 bits per heavy atom. The van der Waals surface area contributed by atoms with Gasteiger partial charge in [-0.1, -0.05) is 29.3 Å². The van der Waals surface area contributed by atoms with Gasteiger partial charge < -0.3 is 4.74 Å². The highest BCUT2D eigenvalue weighted by Crippen LogP contribution is 2.20. The first-order valence-corrected chi connectivity index (χ1v) is 5.45. The topological polar surface area (TPSA) is 27.1 Å². The van der Waals surface area contributed by atoms with Gasteiger partial charge in [-0.15, -0.1) is 0 Å². The Balaban J connectivity index is 2.40. The predicted octanol–water partition coefficient (Wildman–Crippen LogP) is 3.33. The Kier molecular flexibility index (Phi) is 3.49. The summed E-state index contributed by atoms with van der Waals surface area (Å²) in [6.07, 6.45) is 0. The van der Waals surface area contributed by atoms with E-state index in [0.29, 0.717) is 16.8 Å². The summed E-state index contributed by atoms with van der Waals surface area (Å²) in [6.45, 7) is 0.438. The Morgan fingerprint density at radius 2 is 2.12 bits per heavy atom. The van der Waals surface area contributed by atoms with Crippen LogP contribution in [0.2, 0.25) is 10.2 Å². The van der Waals surface area contributed by atoms with Crippen molar-refractivity contribution in [2.45, 2.75) is 6.61 Å². The molecule has 0 fully saturated rings. The quantitative estimate of drug-likeness (QED) is 0.843. The molecule has 0 amide bonds. The van der Waals surface area contributed by atoms with Crippen LogP contribution in [0.4, 0.5) is 0 Å². The van der Waals surface area contributed by atoms with Crippen molar-refractivity contribution in [2.24, 2.45) is 0 Å². The minimum absolute atomic E-state index is 0.438. The van der Waals surface area contributed by atoms with Gasteiger partial charge in [-0.3, -0.25) is 0 Å². The van der Waals surface area contributed by atoms with E-state index < -0.39 is 0 Å². The summed E-state index contributed by atoms with van der Waals surface area (Å²) < 4.78 is 6.62. The Bertz CT molecular complexity index is 496. The van der Waals surface area contributed by atoms with Crippen LogP contribution in [0, 0.1) is 0 Å². The molecule has 2 rings (SSSR count). The van der Waals surface area contributed by atoms with Gasteiger partial charge >= 0.3 is 0 Å². The molecule has 1 aromatic carbocycles. The fraction of sp³-hybridized carbons (Fsp3) is 0.182. The number of halogens is 2. The summed E-state index contributed by atoms with van der Waals surface area (Å²) in [4.78, 5) is 0. The van der Waals surface area contributed by atoms with Crippen LogP contribution >= 0.6 is 23.2 Å². The second kappa shape index (κ2) is 4.87. The van der Waals surface area contributed by atoms with Crippen LogP contribution < -0.4 is 0 Å². The van der Waals surface area contributed by atoms with Gasteiger partial charge in [0.2, 0.25) is 0 Å². The molecule has 0 unspecified atom stereocenters. The molecule has 0 saturated heterocycles. The van der Waals surface area contributed by atoms with Gasteiger partial charge in [0.05, 0.1) is 18.0 Å². The van der Waals surface area contributed by atoms with Crippen LogP contribution in [-0.2, 0) is 11.3 Å². The zero-order valence-corrected chi connectivity index (χ0v) is 10.2. The highest BCUT2D eigenvalue weighted by Gasteiger charge is 2.07. The van der Waals surface area contributed by atoms with Gasteiger partial charge in [0.25, 0.3) is 0 Å². The van der Waals surface area contributed by atoms with Crippen molar-refractivity contribution in [1.82, 2.24) is 9.78 Å². The van der Waals surface area contributed by atoms with E-state index in [1.807, 2.05) is 12.1 Å². The van der Waals surface area contributed by atoms with Gasteiger partial charge in [-0.25, -0.2) is 4.68 Å². The highest BCUT2D eigenvalue weighted by molar-refractivity contribution is 6.31. The molecule has 1 aromatic heterocycles. The third kappa shape index (κ3) is 2.38. The molecular formula is C11H10Cl2N2O. The molecule has 5 heteroatoms. The third-order valence-corrected chi connectivity index (χ3v) is 2.57. The number of nitrogens with zero attached hydrogens (tertiary/aromatic N) is 2. The molecule has 0 spiro atoms. The van der Waals surface area contributed by atoms with Gasteiger partial charge in [0.15, 0.2) is 0 Å². The zero-order chi connectivity index (χ0) is 11.5. The largest absolute Gasteiger partial charge is 0.378 e. The lowest BCUT2D eigenvalue weighted by Crippen LogP contribution is -1.97. The summed E-state index contributed by atoms with van der Waals surface area (Å²) in [5, 5.41) is 5.50. The van der Waals surface area contributed by atoms with Crippen molar-refractivity contribution < 1.29 is 4.74 Å². The van der Waals surface area contributed by atoms with Gasteiger partial charge in [0.1, 0.15) is 5.15 Å². The Labute approximate surface area is 104 Å². The van der Waals surface area contributed by atoms with E-state index >= 15 is 0 Å². The van der Waals surface area contributed by atoms with Crippen LogP contribution in [0.3, 0.4) is 0 Å². The minimum atomic E-state index is 0.438. The molecule has 1 heterocycles. The number of hydrogen-bond acceptors (Lipinski definition) is 2. The van der Waals surface area contributed by atoms with Crippen molar-refractivity contribution in [3.05, 3.63) is 46.2 Å². The van der Waals surface area contributed by atoms with Crippen molar-refractivity contribution >= 4 is 23.2 Å². The molecule has 0 saturated carbocycles. The average molecular weight is 257 g/mol. The van der Waals surface area contributed by atoms with E-state index in [2.05, 4.69) is 5.10 Å². The van der Waals surface area contributed by atoms with Crippen LogP contribution in [0.15, 0.2) is 30.3 Å². The smallest absolute Gasteiger partial charge is 0.133 e. The Morgan fingerprint density at radius 3 is 2.81 bits per heavy atom. The second-order valence-corrected chi connectivity index (χ2v) is 4.11. The maximum atomic E-state index is 6.07. The SMILES string of the molecule is COCc1cc(Cl)n(-c2cccc(Cl)c2)n1. The average Bonchev–Trinajstić information content (AvgIpc) is 2.60. The summed E-state index contributed by atoms with van der Waals surface area (Å²) in [5.41, 5.74) is 1.62. The number of hydrogen-bond donors (Lipinski definition) is 0. The maximum Gasteiger partial charge on any atom is 0.133 e. The number of methoxy groups -OCH3 is 1. The lowest BCUT2D eigenvalue weighted by Gasteiger charge is -2.02. The van der Waals surface area contributed by atoms with Gasteiger partial charge in [-0.2, -0.15) is 5.10 Å². The zero-order valence-electron chi connectivity index (χ0n) is 8.65. The molecule has 0 N–H and O–H groups in total. The fourth-order valence-electron chi connectivity index (χ4n) is 1.41. The van der Waals surface area contributed by atoms with Crippen molar-refractivity contribution in [1.29, 1.82) is 0 Å². The fourth-order valence-corrected chi connectivity index (χ4v) is 1.86. The number of aromatic nitrogens is 2. The molecule has 84 valence electrons. The molecule has 3 nitrogen and oxygen atoms in total. The van der Waals surface area contributed by atoms with Crippen LogP contribution in [0.1, 0.15) is 5.69 Å². The van der Waals surface area contributed by atoms with Crippen LogP contribution in [0.5, 0.6) is 0 Å². The molecule has 0 radical (unpaired) electrons. The van der Waals surface area contributed by atoms with E-state index in [4.69, 9.17) is 27.9 Å². The monoisotopic (exact) mass is 256 g/mol. The summed E-state index contributed by atoms with van der Waals surface area (Å²) >= 11 is 12.0. The van der Waals surface area contributed by atoms with E-state index in [9.17, 15) is 0 Å². The van der Waals surface area contributed by atoms with Crippen LogP contribution in [-0.4, -0.2) is 16.9 Å². The molecular weight excluding hydrogens is 247 g/mol. The predicted molar refractivity (Wildman–Crippen MR) is 64.3 cm³/mol. The highest BCUT2D eigenvalue weighted by atomic mass is 35.5. The van der Waals surface area contributed by atoms with E-state index in [1.54, 1.807) is 30.0 Å². The summed E-state index contributed by atoms with van der Waals surface area (Å²) in [6, 6.07) is 9.12. The molecule has 0 aliphatic carbocycles. The van der Waals surface area contributed by atoms with Crippen molar-refractivity contribution in [3.63, 3.8) is 0 Å². The van der Waals surface area contributed by atoms with Gasteiger partial charge in [-0.05, 0) is 18.2 Å². The number of ether oxygens (including phenoxy) is 1. The Hall–Kier alpha value is -1.03. The molecule has 0 atom stereocenters. The molecule has 2 aromatic rings. The molecule has 16 heavy (non-hydrogen) atoms. The first kappa shape index (κ1) is 11.5. The van der Waals surface area contributed by atoms with E-state index in [-0.39, 0.29) is 0 Å². The molecule has 0 bridgehead atoms. The number of benzene rings is 1. The minimum Gasteiger partial charge on any atom is -0.378 e. The van der Waals surface area contributed by atoms with Crippen LogP contribution in [0.25, 0.3) is 5.69 Å². The normalized spacial score (nSPS) is 10.7. The summed E-state index contributed by atoms with van der Waals surface area (Å²) in [7, 11) is 1.62. The van der Waals surface area contributed by atoms with E-state index in [1.165, 1.54) is 0 Å². The summed E-state index contributed by atoms with van der Waals surface area (Å²) in [5.74, 6) is 0. The maximum absolute atomic E-state index is 6.07. The van der Waals surface area contributed by atoms with Crippen molar-refractivity contribution in [2.75, 3.05) is 7.11 Å². The van der Waals surface area contributed by atoms with Crippen molar-refractivity contribution in [3.8, 4) is 5.69 Å². The molecule has 0 aliphatic heterocycles. The lowest BCUT2D eigenvalue weighted by molar-refractivity contribution is 0.181. The number of rotatable bonds is 3. The first-order valence-electron chi connectivity index (χ1n) is 4.70. The third-order valence-electron chi connectivity index (χ3n) is 2.06. The lowest BCUT2D eigenvalue weighted by atomic mass is 10.3. The van der Waals surface area contributed by atoms with Gasteiger partial charge in [0, 0.05) is 18.2 Å².